The van der Waals surface area contributed by atoms with Crippen LogP contribution in [0.15, 0.2) is 48.5 Å². The van der Waals surface area contributed by atoms with Crippen LogP contribution in [0, 0.1) is 16.0 Å². The first kappa shape index (κ1) is 13.9. The van der Waals surface area contributed by atoms with Crippen LogP contribution in [-0.2, 0) is 0 Å². The standard InChI is InChI=1S/C16H15ClN2O2/c17-14-10-13(19(20)21)8-9-15(14)18-16(12-6-7-12)11-4-2-1-3-5-11/h1-5,8-10,12,16,18H,6-7H2. The highest BCUT2D eigenvalue weighted by atomic mass is 35.5. The van der Waals surface area contributed by atoms with Gasteiger partial charge in [0.25, 0.3) is 5.69 Å². The molecule has 0 amide bonds. The number of hydrogen-bond donors (Lipinski definition) is 1. The zero-order chi connectivity index (χ0) is 14.8. The van der Waals surface area contributed by atoms with Crippen LogP contribution in [-0.4, -0.2) is 4.92 Å². The van der Waals surface area contributed by atoms with Crippen molar-refractivity contribution in [2.75, 3.05) is 5.32 Å². The Hall–Kier alpha value is -2.07. The smallest absolute Gasteiger partial charge is 0.271 e. The third kappa shape index (κ3) is 3.16. The van der Waals surface area contributed by atoms with E-state index in [0.717, 1.165) is 5.69 Å². The van der Waals surface area contributed by atoms with Gasteiger partial charge >= 0.3 is 0 Å². The van der Waals surface area contributed by atoms with Crippen molar-refractivity contribution in [3.8, 4) is 0 Å². The third-order valence-electron chi connectivity index (χ3n) is 3.73. The monoisotopic (exact) mass is 302 g/mol. The first-order chi connectivity index (χ1) is 10.1. The summed E-state index contributed by atoms with van der Waals surface area (Å²) in [6.07, 6.45) is 2.38. The topological polar surface area (TPSA) is 55.2 Å². The van der Waals surface area contributed by atoms with Crippen LogP contribution in [0.1, 0.15) is 24.4 Å². The van der Waals surface area contributed by atoms with Crippen molar-refractivity contribution in [2.24, 2.45) is 5.92 Å². The van der Waals surface area contributed by atoms with Crippen LogP contribution >= 0.6 is 11.6 Å². The summed E-state index contributed by atoms with van der Waals surface area (Å²) in [4.78, 5) is 10.3. The summed E-state index contributed by atoms with van der Waals surface area (Å²) in [5, 5.41) is 14.6. The quantitative estimate of drug-likeness (QED) is 0.637. The number of nitrogens with one attached hydrogen (secondary N) is 1. The van der Waals surface area contributed by atoms with Gasteiger partial charge in [-0.3, -0.25) is 10.1 Å². The molecule has 1 atom stereocenters. The van der Waals surface area contributed by atoms with Crippen LogP contribution in [0.2, 0.25) is 5.02 Å². The molecule has 108 valence electrons. The Balaban J connectivity index is 1.85. The van der Waals surface area contributed by atoms with Gasteiger partial charge in [0.15, 0.2) is 0 Å². The maximum absolute atomic E-state index is 10.8. The van der Waals surface area contributed by atoms with E-state index in [1.54, 1.807) is 6.07 Å². The zero-order valence-corrected chi connectivity index (χ0v) is 12.1. The lowest BCUT2D eigenvalue weighted by atomic mass is 10.0. The number of benzene rings is 2. The molecular formula is C16H15ClN2O2. The van der Waals surface area contributed by atoms with Crippen molar-refractivity contribution in [2.45, 2.75) is 18.9 Å². The SMILES string of the molecule is O=[N+]([O-])c1ccc(NC(c2ccccc2)C2CC2)c(Cl)c1. The molecule has 2 aromatic carbocycles. The van der Waals surface area contributed by atoms with Gasteiger partial charge in [0, 0.05) is 12.1 Å². The van der Waals surface area contributed by atoms with E-state index in [0.29, 0.717) is 10.9 Å². The second-order valence-electron chi connectivity index (χ2n) is 5.29. The number of nitro benzene ring substituents is 1. The summed E-state index contributed by atoms with van der Waals surface area (Å²) in [6.45, 7) is 0. The molecule has 5 heteroatoms. The van der Waals surface area contributed by atoms with Crippen LogP contribution in [0.25, 0.3) is 0 Å². The van der Waals surface area contributed by atoms with Gasteiger partial charge in [-0.1, -0.05) is 41.9 Å². The molecule has 4 nitrogen and oxygen atoms in total. The van der Waals surface area contributed by atoms with Gasteiger partial charge in [-0.05, 0) is 30.4 Å². The number of anilines is 1. The highest BCUT2D eigenvalue weighted by Gasteiger charge is 2.32. The molecule has 1 saturated carbocycles. The predicted molar refractivity (Wildman–Crippen MR) is 83.6 cm³/mol. The summed E-state index contributed by atoms with van der Waals surface area (Å²) >= 11 is 6.16. The zero-order valence-electron chi connectivity index (χ0n) is 11.3. The minimum absolute atomic E-state index is 0.00762. The fraction of sp³-hybridized carbons (Fsp3) is 0.250. The third-order valence-corrected chi connectivity index (χ3v) is 4.04. The van der Waals surface area contributed by atoms with Crippen LogP contribution in [0.3, 0.4) is 0 Å². The van der Waals surface area contributed by atoms with Gasteiger partial charge in [-0.15, -0.1) is 0 Å². The van der Waals surface area contributed by atoms with Gasteiger partial charge in [0.1, 0.15) is 0 Å². The molecule has 3 rings (SSSR count). The highest BCUT2D eigenvalue weighted by Crippen LogP contribution is 2.43. The van der Waals surface area contributed by atoms with Crippen molar-refractivity contribution in [1.82, 2.24) is 0 Å². The molecule has 0 spiro atoms. The van der Waals surface area contributed by atoms with E-state index in [1.165, 1.54) is 30.5 Å². The first-order valence-corrected chi connectivity index (χ1v) is 7.28. The lowest BCUT2D eigenvalue weighted by Crippen LogP contribution is -2.13. The number of halogens is 1. The Morgan fingerprint density at radius 3 is 2.48 bits per heavy atom. The van der Waals surface area contributed by atoms with Crippen LogP contribution in [0.4, 0.5) is 11.4 Å². The predicted octanol–water partition coefficient (Wildman–Crippen LogP) is 4.81. The Bertz CT molecular complexity index is 657. The lowest BCUT2D eigenvalue weighted by molar-refractivity contribution is -0.384. The van der Waals surface area contributed by atoms with E-state index in [-0.39, 0.29) is 11.7 Å². The number of rotatable bonds is 5. The number of nitrogens with zero attached hydrogens (tertiary/aromatic N) is 1. The molecule has 0 bridgehead atoms. The van der Waals surface area contributed by atoms with Gasteiger partial charge in [-0.25, -0.2) is 0 Å². The van der Waals surface area contributed by atoms with Crippen LogP contribution < -0.4 is 5.32 Å². The normalized spacial score (nSPS) is 15.5. The fourth-order valence-electron chi connectivity index (χ4n) is 2.47. The van der Waals surface area contributed by atoms with Gasteiger partial charge in [-0.2, -0.15) is 0 Å². The molecule has 1 aliphatic rings. The lowest BCUT2D eigenvalue weighted by Gasteiger charge is -2.20. The minimum atomic E-state index is -0.439. The summed E-state index contributed by atoms with van der Waals surface area (Å²) in [6, 6.07) is 15.0. The van der Waals surface area contributed by atoms with Crippen molar-refractivity contribution in [1.29, 1.82) is 0 Å². The fourth-order valence-corrected chi connectivity index (χ4v) is 2.69. The maximum atomic E-state index is 10.8. The number of nitro groups is 1. The van der Waals surface area contributed by atoms with Gasteiger partial charge in [0.2, 0.25) is 0 Å². The molecular weight excluding hydrogens is 288 g/mol. The molecule has 1 aliphatic carbocycles. The molecule has 0 aromatic heterocycles. The molecule has 21 heavy (non-hydrogen) atoms. The Morgan fingerprint density at radius 2 is 1.90 bits per heavy atom. The van der Waals surface area contributed by atoms with Gasteiger partial charge in [0.05, 0.1) is 21.7 Å². The van der Waals surface area contributed by atoms with E-state index < -0.39 is 4.92 Å². The molecule has 0 saturated heterocycles. The molecule has 2 aromatic rings. The van der Waals surface area contributed by atoms with E-state index in [9.17, 15) is 10.1 Å². The molecule has 0 heterocycles. The maximum Gasteiger partial charge on any atom is 0.271 e. The Kier molecular flexibility index (Phi) is 3.80. The van der Waals surface area contributed by atoms with E-state index >= 15 is 0 Å². The van der Waals surface area contributed by atoms with E-state index in [2.05, 4.69) is 17.4 Å². The van der Waals surface area contributed by atoms with Crippen LogP contribution in [0.5, 0.6) is 0 Å². The van der Waals surface area contributed by atoms with Crippen molar-refractivity contribution in [3.05, 3.63) is 69.2 Å². The average Bonchev–Trinajstić information content (AvgIpc) is 3.31. The first-order valence-electron chi connectivity index (χ1n) is 6.90. The number of non-ortho nitro benzene ring substituents is 1. The summed E-state index contributed by atoms with van der Waals surface area (Å²) in [5.74, 6) is 0.596. The van der Waals surface area contributed by atoms with Crippen molar-refractivity contribution >= 4 is 23.0 Å². The summed E-state index contributed by atoms with van der Waals surface area (Å²) in [7, 11) is 0. The Labute approximate surface area is 127 Å². The van der Waals surface area contributed by atoms with Gasteiger partial charge < -0.3 is 5.32 Å². The van der Waals surface area contributed by atoms with Crippen molar-refractivity contribution in [3.63, 3.8) is 0 Å². The summed E-state index contributed by atoms with van der Waals surface area (Å²) < 4.78 is 0. The molecule has 1 N–H and O–H groups in total. The van der Waals surface area contributed by atoms with E-state index in [4.69, 9.17) is 11.6 Å². The Morgan fingerprint density at radius 1 is 1.19 bits per heavy atom. The minimum Gasteiger partial charge on any atom is -0.377 e. The molecule has 0 aliphatic heterocycles. The number of hydrogen-bond acceptors (Lipinski definition) is 3. The van der Waals surface area contributed by atoms with E-state index in [1.807, 2.05) is 18.2 Å². The second kappa shape index (κ2) is 5.74. The summed E-state index contributed by atoms with van der Waals surface area (Å²) in [5.41, 5.74) is 1.96. The second-order valence-corrected chi connectivity index (χ2v) is 5.70. The average molecular weight is 303 g/mol. The largest absolute Gasteiger partial charge is 0.377 e. The molecule has 1 fully saturated rings. The highest BCUT2D eigenvalue weighted by molar-refractivity contribution is 6.33. The molecule has 1 unspecified atom stereocenters. The van der Waals surface area contributed by atoms with Crippen molar-refractivity contribution < 1.29 is 4.92 Å². The molecule has 0 radical (unpaired) electrons.